The van der Waals surface area contributed by atoms with Gasteiger partial charge in [-0.2, -0.15) is 0 Å². The highest BCUT2D eigenvalue weighted by atomic mass is 32.1. The Morgan fingerprint density at radius 1 is 1.29 bits per heavy atom. The van der Waals surface area contributed by atoms with Crippen LogP contribution in [-0.2, 0) is 11.3 Å². The highest BCUT2D eigenvalue weighted by molar-refractivity contribution is 7.15. The number of fused-ring (bicyclic) bond motifs is 1. The lowest BCUT2D eigenvalue weighted by molar-refractivity contribution is -0.116. The van der Waals surface area contributed by atoms with Gasteiger partial charge in [-0.25, -0.2) is 4.68 Å². The van der Waals surface area contributed by atoms with E-state index in [1.165, 1.54) is 24.2 Å². The molecule has 21 heavy (non-hydrogen) atoms. The third-order valence-electron chi connectivity index (χ3n) is 3.33. The van der Waals surface area contributed by atoms with E-state index >= 15 is 0 Å². The molecule has 7 nitrogen and oxygen atoms in total. The second-order valence-corrected chi connectivity index (χ2v) is 6.01. The van der Waals surface area contributed by atoms with Crippen molar-refractivity contribution in [3.05, 3.63) is 29.3 Å². The van der Waals surface area contributed by atoms with Crippen LogP contribution >= 0.6 is 11.3 Å². The van der Waals surface area contributed by atoms with Crippen molar-refractivity contribution in [3.8, 4) is 0 Å². The van der Waals surface area contributed by atoms with Gasteiger partial charge >= 0.3 is 0 Å². The van der Waals surface area contributed by atoms with Crippen molar-refractivity contribution in [1.82, 2.24) is 25.2 Å². The normalized spacial score (nSPS) is 14.5. The monoisotopic (exact) mass is 300 g/mol. The average Bonchev–Trinajstić information content (AvgIpc) is 3.12. The van der Waals surface area contributed by atoms with Gasteiger partial charge in [-0.05, 0) is 25.0 Å². The maximum Gasteiger partial charge on any atom is 0.248 e. The number of amides is 1. The molecule has 1 fully saturated rings. The third-order valence-corrected chi connectivity index (χ3v) is 4.33. The van der Waals surface area contributed by atoms with Crippen LogP contribution in [0, 0.1) is 0 Å². The van der Waals surface area contributed by atoms with Crippen molar-refractivity contribution in [1.29, 1.82) is 0 Å². The molecule has 1 aliphatic rings. The maximum absolute atomic E-state index is 12.1. The molecule has 1 amide bonds. The summed E-state index contributed by atoms with van der Waals surface area (Å²) >= 11 is 1.45. The number of hydrogen-bond donors (Lipinski definition) is 1. The molecule has 0 bridgehead atoms. The predicted molar refractivity (Wildman–Crippen MR) is 78.0 cm³/mol. The van der Waals surface area contributed by atoms with E-state index in [0.717, 1.165) is 16.0 Å². The van der Waals surface area contributed by atoms with Crippen molar-refractivity contribution in [2.24, 2.45) is 0 Å². The van der Waals surface area contributed by atoms with Crippen LogP contribution in [0.25, 0.3) is 11.0 Å². The first kappa shape index (κ1) is 12.4. The van der Waals surface area contributed by atoms with Gasteiger partial charge in [-0.3, -0.25) is 10.1 Å². The highest BCUT2D eigenvalue weighted by Crippen LogP contribution is 2.41. The molecule has 0 radical (unpaired) electrons. The van der Waals surface area contributed by atoms with Gasteiger partial charge in [0.25, 0.3) is 0 Å². The molecule has 2 aromatic heterocycles. The van der Waals surface area contributed by atoms with Crippen LogP contribution < -0.4 is 5.32 Å². The minimum Gasteiger partial charge on any atom is -0.299 e. The summed E-state index contributed by atoms with van der Waals surface area (Å²) in [4.78, 5) is 12.1. The van der Waals surface area contributed by atoms with Crippen LogP contribution in [0.15, 0.2) is 24.3 Å². The fourth-order valence-corrected chi connectivity index (χ4v) is 3.04. The summed E-state index contributed by atoms with van der Waals surface area (Å²) in [6.45, 7) is 0.110. The lowest BCUT2D eigenvalue weighted by Gasteiger charge is -2.01. The number of nitrogens with zero attached hydrogens (tertiary/aromatic N) is 5. The number of benzene rings is 1. The first-order chi connectivity index (χ1) is 10.3. The number of nitrogens with one attached hydrogen (secondary N) is 1. The Morgan fingerprint density at radius 2 is 2.14 bits per heavy atom. The molecular formula is C13H12N6OS. The van der Waals surface area contributed by atoms with Gasteiger partial charge in [0.2, 0.25) is 11.0 Å². The van der Waals surface area contributed by atoms with Gasteiger partial charge in [-0.1, -0.05) is 28.7 Å². The van der Waals surface area contributed by atoms with E-state index in [-0.39, 0.29) is 12.5 Å². The van der Waals surface area contributed by atoms with E-state index in [2.05, 4.69) is 25.8 Å². The Balaban J connectivity index is 1.47. The van der Waals surface area contributed by atoms with Gasteiger partial charge in [0.05, 0.1) is 5.52 Å². The van der Waals surface area contributed by atoms with Crippen LogP contribution in [0.4, 0.5) is 5.13 Å². The molecule has 0 aliphatic heterocycles. The molecule has 1 N–H and O–H groups in total. The fourth-order valence-electron chi connectivity index (χ4n) is 2.11. The van der Waals surface area contributed by atoms with E-state index in [1.54, 1.807) is 4.68 Å². The largest absolute Gasteiger partial charge is 0.299 e. The van der Waals surface area contributed by atoms with E-state index in [9.17, 15) is 4.79 Å². The molecule has 1 saturated carbocycles. The second-order valence-electron chi connectivity index (χ2n) is 5.00. The number of rotatable bonds is 4. The first-order valence-corrected chi connectivity index (χ1v) is 7.53. The second kappa shape index (κ2) is 4.88. The summed E-state index contributed by atoms with van der Waals surface area (Å²) in [5.41, 5.74) is 1.61. The van der Waals surface area contributed by atoms with Gasteiger partial charge in [0.15, 0.2) is 0 Å². The summed E-state index contributed by atoms with van der Waals surface area (Å²) in [6, 6.07) is 7.54. The molecule has 1 aromatic carbocycles. The smallest absolute Gasteiger partial charge is 0.248 e. The van der Waals surface area contributed by atoms with Crippen molar-refractivity contribution in [3.63, 3.8) is 0 Å². The van der Waals surface area contributed by atoms with Crippen molar-refractivity contribution < 1.29 is 4.79 Å². The van der Waals surface area contributed by atoms with Crippen LogP contribution in [0.5, 0.6) is 0 Å². The molecule has 2 heterocycles. The number of carbonyl (C=O) groups is 1. The van der Waals surface area contributed by atoms with Gasteiger partial charge in [0.1, 0.15) is 17.1 Å². The lowest BCUT2D eigenvalue weighted by atomic mass is 10.3. The van der Waals surface area contributed by atoms with Gasteiger partial charge < -0.3 is 0 Å². The SMILES string of the molecule is O=C(Cn1nnc2ccccc21)Nc1nnc(C2CC2)s1. The van der Waals surface area contributed by atoms with Crippen LogP contribution in [-0.4, -0.2) is 31.1 Å². The molecular weight excluding hydrogens is 288 g/mol. The summed E-state index contributed by atoms with van der Waals surface area (Å²) in [6.07, 6.45) is 2.35. The number of hydrogen-bond acceptors (Lipinski definition) is 6. The zero-order valence-corrected chi connectivity index (χ0v) is 11.9. The average molecular weight is 300 g/mol. The number of aromatic nitrogens is 5. The number of carbonyl (C=O) groups excluding carboxylic acids is 1. The molecule has 106 valence electrons. The predicted octanol–water partition coefficient (Wildman–Crippen LogP) is 1.80. The van der Waals surface area contributed by atoms with Crippen molar-refractivity contribution in [2.75, 3.05) is 5.32 Å². The quantitative estimate of drug-likeness (QED) is 0.794. The standard InChI is InChI=1S/C13H12N6OS/c20-11(14-13-17-16-12(21-13)8-5-6-8)7-19-10-4-2-1-3-9(10)15-18-19/h1-4,8H,5-7H2,(H,14,17,20). The van der Waals surface area contributed by atoms with E-state index in [0.29, 0.717) is 11.0 Å². The summed E-state index contributed by atoms with van der Waals surface area (Å²) in [5, 5.41) is 20.4. The molecule has 0 saturated heterocycles. The Labute approximate surface area is 124 Å². The first-order valence-electron chi connectivity index (χ1n) is 6.71. The van der Waals surface area contributed by atoms with E-state index in [4.69, 9.17) is 0 Å². The van der Waals surface area contributed by atoms with Crippen molar-refractivity contribution in [2.45, 2.75) is 25.3 Å². The van der Waals surface area contributed by atoms with Crippen LogP contribution in [0.3, 0.4) is 0 Å². The van der Waals surface area contributed by atoms with Crippen LogP contribution in [0.1, 0.15) is 23.8 Å². The molecule has 0 unspecified atom stereocenters. The molecule has 0 atom stereocenters. The topological polar surface area (TPSA) is 85.6 Å². The molecule has 3 aromatic rings. The van der Waals surface area contributed by atoms with Crippen LogP contribution in [0.2, 0.25) is 0 Å². The Bertz CT molecular complexity index is 806. The maximum atomic E-state index is 12.1. The van der Waals surface area contributed by atoms with E-state index < -0.39 is 0 Å². The van der Waals surface area contributed by atoms with Gasteiger partial charge in [0, 0.05) is 5.92 Å². The van der Waals surface area contributed by atoms with Crippen molar-refractivity contribution >= 4 is 33.4 Å². The minimum atomic E-state index is -0.177. The zero-order valence-electron chi connectivity index (χ0n) is 11.1. The third kappa shape index (κ3) is 2.49. The molecule has 4 rings (SSSR count). The zero-order chi connectivity index (χ0) is 14.2. The Morgan fingerprint density at radius 3 is 3.00 bits per heavy atom. The molecule has 8 heteroatoms. The fraction of sp³-hybridized carbons (Fsp3) is 0.308. The number of para-hydroxylation sites is 1. The Hall–Kier alpha value is -2.35. The summed E-state index contributed by atoms with van der Waals surface area (Å²) in [7, 11) is 0. The number of anilines is 1. The minimum absolute atomic E-state index is 0.110. The molecule has 0 spiro atoms. The summed E-state index contributed by atoms with van der Waals surface area (Å²) in [5.74, 6) is 0.372. The summed E-state index contributed by atoms with van der Waals surface area (Å²) < 4.78 is 1.58. The molecule has 1 aliphatic carbocycles. The highest BCUT2D eigenvalue weighted by Gasteiger charge is 2.27. The van der Waals surface area contributed by atoms with Gasteiger partial charge in [-0.15, -0.1) is 15.3 Å². The van der Waals surface area contributed by atoms with E-state index in [1.807, 2.05) is 24.3 Å². The Kier molecular flexibility index (Phi) is 2.88. The lowest BCUT2D eigenvalue weighted by Crippen LogP contribution is -2.19.